The lowest BCUT2D eigenvalue weighted by Crippen LogP contribution is -3.14. The third kappa shape index (κ3) is 4.10. The predicted molar refractivity (Wildman–Crippen MR) is 114 cm³/mol. The maximum Gasteiger partial charge on any atom is 0.332 e. The Kier molecular flexibility index (Phi) is 6.13. The zero-order valence-corrected chi connectivity index (χ0v) is 18.7. The fourth-order valence-electron chi connectivity index (χ4n) is 5.34. The van der Waals surface area contributed by atoms with Crippen molar-refractivity contribution in [1.82, 2.24) is 18.7 Å². The van der Waals surface area contributed by atoms with Crippen LogP contribution in [0.15, 0.2) is 9.59 Å². The summed E-state index contributed by atoms with van der Waals surface area (Å²) in [6.45, 7) is 12.9. The smallest absolute Gasteiger partial charge is 0.332 e. The Balaban J connectivity index is 1.71. The third-order valence-corrected chi connectivity index (χ3v) is 6.80. The fraction of sp³-hybridized carbons (Fsp3) is 0.762. The highest BCUT2D eigenvalue weighted by Gasteiger charge is 2.28. The molecule has 4 heterocycles. The summed E-state index contributed by atoms with van der Waals surface area (Å²) in [5, 5.41) is 0. The quantitative estimate of drug-likeness (QED) is 0.557. The first-order valence-electron chi connectivity index (χ1n) is 11.2. The molecule has 0 aromatic carbocycles. The molecule has 0 bridgehead atoms. The van der Waals surface area contributed by atoms with E-state index in [1.54, 1.807) is 14.1 Å². The molecular formula is C21H36N6O3+2. The van der Waals surface area contributed by atoms with Crippen LogP contribution in [0, 0.1) is 11.8 Å². The van der Waals surface area contributed by atoms with Crippen LogP contribution in [0.4, 0.5) is 0 Å². The van der Waals surface area contributed by atoms with E-state index in [1.807, 2.05) is 0 Å². The number of hydrogen-bond donors (Lipinski definition) is 2. The highest BCUT2D eigenvalue weighted by atomic mass is 16.5. The third-order valence-electron chi connectivity index (χ3n) is 6.80. The van der Waals surface area contributed by atoms with Gasteiger partial charge in [0.05, 0.1) is 39.4 Å². The van der Waals surface area contributed by atoms with Gasteiger partial charge in [0.2, 0.25) is 0 Å². The number of rotatable bonds is 5. The van der Waals surface area contributed by atoms with Crippen LogP contribution in [-0.2, 0) is 31.9 Å². The minimum absolute atomic E-state index is 0.251. The van der Waals surface area contributed by atoms with Gasteiger partial charge < -0.3 is 19.1 Å². The largest absolute Gasteiger partial charge is 0.370 e. The second-order valence-corrected chi connectivity index (χ2v) is 9.45. The first-order chi connectivity index (χ1) is 14.3. The Bertz CT molecular complexity index is 1010. The van der Waals surface area contributed by atoms with Gasteiger partial charge in [-0.1, -0.05) is 13.8 Å². The van der Waals surface area contributed by atoms with Gasteiger partial charge in [-0.05, 0) is 6.42 Å². The molecule has 2 fully saturated rings. The molecule has 0 spiro atoms. The first kappa shape index (κ1) is 21.3. The minimum Gasteiger partial charge on any atom is -0.370 e. The van der Waals surface area contributed by atoms with E-state index in [9.17, 15) is 9.59 Å². The van der Waals surface area contributed by atoms with Crippen LogP contribution < -0.4 is 21.0 Å². The number of hydrogen-bond acceptors (Lipinski definition) is 4. The lowest BCUT2D eigenvalue weighted by molar-refractivity contribution is -0.926. The molecule has 0 radical (unpaired) electrons. The van der Waals surface area contributed by atoms with Crippen molar-refractivity contribution < 1.29 is 14.5 Å². The monoisotopic (exact) mass is 420 g/mol. The van der Waals surface area contributed by atoms with E-state index in [1.165, 1.54) is 25.4 Å². The molecule has 4 rings (SSSR count). The van der Waals surface area contributed by atoms with Gasteiger partial charge in [-0.15, -0.1) is 0 Å². The number of imidazole rings is 1. The lowest BCUT2D eigenvalue weighted by Gasteiger charge is -2.31. The van der Waals surface area contributed by atoms with E-state index in [0.29, 0.717) is 23.0 Å². The maximum absolute atomic E-state index is 13.0. The van der Waals surface area contributed by atoms with E-state index in [0.717, 1.165) is 64.9 Å². The zero-order chi connectivity index (χ0) is 21.4. The van der Waals surface area contributed by atoms with Crippen molar-refractivity contribution in [3.8, 4) is 0 Å². The minimum atomic E-state index is -0.324. The second kappa shape index (κ2) is 8.64. The molecule has 0 saturated carbocycles. The summed E-state index contributed by atoms with van der Waals surface area (Å²) in [6.07, 6.45) is 1.27. The van der Waals surface area contributed by atoms with Crippen LogP contribution in [0.1, 0.15) is 26.1 Å². The summed E-state index contributed by atoms with van der Waals surface area (Å²) < 4.78 is 10.3. The number of ether oxygens (including phenoxy) is 1. The van der Waals surface area contributed by atoms with Gasteiger partial charge in [0.25, 0.3) is 5.56 Å². The number of likely N-dealkylation sites (tertiary alicyclic amines) is 1. The molecular weight excluding hydrogens is 384 g/mol. The molecule has 2 aliphatic heterocycles. The summed E-state index contributed by atoms with van der Waals surface area (Å²) in [6, 6.07) is 0. The van der Waals surface area contributed by atoms with Crippen LogP contribution in [0.25, 0.3) is 11.2 Å². The molecule has 0 amide bonds. The van der Waals surface area contributed by atoms with Crippen LogP contribution >= 0.6 is 0 Å². The number of aromatic nitrogens is 4. The van der Waals surface area contributed by atoms with E-state index in [2.05, 4.69) is 18.4 Å². The zero-order valence-electron chi connectivity index (χ0n) is 18.7. The summed E-state index contributed by atoms with van der Waals surface area (Å²) >= 11 is 0. The standard InChI is InChI=1S/C21H34N6O3/c1-15-11-16(2)13-26(12-15)14-17-22-19-18(20(28)24(4)21(29)23(19)3)27(17)6-5-25-7-9-30-10-8-25/h15-16H,5-14H2,1-4H3/p+2/t15-,16-/m0/s1. The second-order valence-electron chi connectivity index (χ2n) is 9.45. The average Bonchev–Trinajstić information content (AvgIpc) is 3.07. The lowest BCUT2D eigenvalue weighted by atomic mass is 9.92. The Morgan fingerprint density at radius 2 is 1.70 bits per heavy atom. The van der Waals surface area contributed by atoms with E-state index >= 15 is 0 Å². The van der Waals surface area contributed by atoms with Gasteiger partial charge in [-0.25, -0.2) is 9.78 Å². The SMILES string of the molecule is C[C@H]1C[C@H](C)C[NH+](Cc2nc3c(c(=O)n(C)c(=O)n3C)n2CC[NH+]2CCOCC2)C1. The Morgan fingerprint density at radius 1 is 1.03 bits per heavy atom. The molecule has 2 N–H and O–H groups in total. The van der Waals surface area contributed by atoms with Gasteiger partial charge in [0, 0.05) is 25.9 Å². The molecule has 166 valence electrons. The van der Waals surface area contributed by atoms with Crippen molar-refractivity contribution in [2.45, 2.75) is 33.4 Å². The highest BCUT2D eigenvalue weighted by Crippen LogP contribution is 2.14. The predicted octanol–water partition coefficient (Wildman–Crippen LogP) is -2.59. The van der Waals surface area contributed by atoms with Crippen molar-refractivity contribution in [2.24, 2.45) is 25.9 Å². The Morgan fingerprint density at radius 3 is 2.37 bits per heavy atom. The molecule has 0 unspecified atom stereocenters. The van der Waals surface area contributed by atoms with Gasteiger partial charge in [0.1, 0.15) is 19.6 Å². The molecule has 30 heavy (non-hydrogen) atoms. The highest BCUT2D eigenvalue weighted by molar-refractivity contribution is 5.71. The van der Waals surface area contributed by atoms with Crippen LogP contribution in [0.3, 0.4) is 0 Å². The average molecular weight is 421 g/mol. The Labute approximate surface area is 176 Å². The van der Waals surface area contributed by atoms with Gasteiger partial charge in [-0.3, -0.25) is 13.9 Å². The number of quaternary nitrogens is 2. The molecule has 9 nitrogen and oxygen atoms in total. The van der Waals surface area contributed by atoms with Gasteiger partial charge in [0.15, 0.2) is 17.0 Å². The molecule has 2 aromatic rings. The Hall–Kier alpha value is -1.97. The summed E-state index contributed by atoms with van der Waals surface area (Å²) in [4.78, 5) is 33.3. The van der Waals surface area contributed by atoms with Crippen molar-refractivity contribution in [3.63, 3.8) is 0 Å². The summed E-state index contributed by atoms with van der Waals surface area (Å²) in [5.41, 5.74) is 0.488. The summed E-state index contributed by atoms with van der Waals surface area (Å²) in [7, 11) is 3.25. The normalized spacial score (nSPS) is 25.8. The first-order valence-corrected chi connectivity index (χ1v) is 11.2. The summed E-state index contributed by atoms with van der Waals surface area (Å²) in [5.74, 6) is 2.31. The topological polar surface area (TPSA) is 79.9 Å². The number of aryl methyl sites for hydroxylation is 1. The van der Waals surface area contributed by atoms with E-state index in [-0.39, 0.29) is 11.2 Å². The van der Waals surface area contributed by atoms with Crippen molar-refractivity contribution in [2.75, 3.05) is 45.9 Å². The van der Waals surface area contributed by atoms with Crippen LogP contribution in [0.2, 0.25) is 0 Å². The van der Waals surface area contributed by atoms with Crippen molar-refractivity contribution >= 4 is 11.2 Å². The number of morpholine rings is 1. The van der Waals surface area contributed by atoms with Crippen LogP contribution in [0.5, 0.6) is 0 Å². The fourth-order valence-corrected chi connectivity index (χ4v) is 5.34. The molecule has 2 saturated heterocycles. The van der Waals surface area contributed by atoms with E-state index in [4.69, 9.17) is 9.72 Å². The van der Waals surface area contributed by atoms with Crippen LogP contribution in [-0.4, -0.2) is 64.6 Å². The number of fused-ring (bicyclic) bond motifs is 1. The van der Waals surface area contributed by atoms with Crippen molar-refractivity contribution in [1.29, 1.82) is 0 Å². The number of nitrogens with zero attached hydrogens (tertiary/aromatic N) is 4. The number of piperidine rings is 1. The molecule has 2 aromatic heterocycles. The molecule has 9 heteroatoms. The molecule has 2 atom stereocenters. The van der Waals surface area contributed by atoms with Gasteiger partial charge >= 0.3 is 5.69 Å². The maximum atomic E-state index is 13.0. The van der Waals surface area contributed by atoms with Gasteiger partial charge in [-0.2, -0.15) is 0 Å². The molecule has 0 aliphatic carbocycles. The molecule has 2 aliphatic rings. The van der Waals surface area contributed by atoms with Crippen molar-refractivity contribution in [3.05, 3.63) is 26.7 Å². The van der Waals surface area contributed by atoms with E-state index < -0.39 is 0 Å². The number of nitrogens with one attached hydrogen (secondary N) is 2.